The van der Waals surface area contributed by atoms with Gasteiger partial charge in [0, 0.05) is 18.7 Å². The molecule has 0 saturated heterocycles. The highest BCUT2D eigenvalue weighted by atomic mass is 16.1. The van der Waals surface area contributed by atoms with E-state index in [0.717, 1.165) is 11.3 Å². The predicted octanol–water partition coefficient (Wildman–Crippen LogP) is 1.13. The lowest BCUT2D eigenvalue weighted by Crippen LogP contribution is -2.26. The average molecular weight is 221 g/mol. The second-order valence-electron chi connectivity index (χ2n) is 4.06. The first-order valence-electron chi connectivity index (χ1n) is 5.52. The molecule has 1 aromatic rings. The summed E-state index contributed by atoms with van der Waals surface area (Å²) in [6, 6.07) is 3.94. The minimum Gasteiger partial charge on any atom is -0.350 e. The van der Waals surface area contributed by atoms with Gasteiger partial charge in [-0.25, -0.2) is 0 Å². The number of nitrogens with two attached hydrogens (primary N) is 1. The highest BCUT2D eigenvalue weighted by Crippen LogP contribution is 2.02. The van der Waals surface area contributed by atoms with E-state index in [-0.39, 0.29) is 11.9 Å². The molecule has 4 heteroatoms. The van der Waals surface area contributed by atoms with Crippen LogP contribution in [0.3, 0.4) is 0 Å². The van der Waals surface area contributed by atoms with Crippen LogP contribution in [0.4, 0.5) is 0 Å². The van der Waals surface area contributed by atoms with E-state index in [0.29, 0.717) is 19.4 Å². The number of nitrogens with one attached hydrogen (secondary N) is 1. The smallest absolute Gasteiger partial charge is 0.220 e. The van der Waals surface area contributed by atoms with Gasteiger partial charge in [0.05, 0.1) is 12.2 Å². The summed E-state index contributed by atoms with van der Waals surface area (Å²) in [4.78, 5) is 15.6. The molecule has 1 unspecified atom stereocenters. The van der Waals surface area contributed by atoms with Crippen molar-refractivity contribution in [1.82, 2.24) is 10.3 Å². The molecule has 1 aromatic heterocycles. The number of aromatic nitrogens is 1. The number of rotatable bonds is 5. The van der Waals surface area contributed by atoms with Crippen LogP contribution in [0.15, 0.2) is 18.3 Å². The van der Waals surface area contributed by atoms with E-state index in [2.05, 4.69) is 10.3 Å². The van der Waals surface area contributed by atoms with Crippen molar-refractivity contribution in [2.24, 2.45) is 5.73 Å². The van der Waals surface area contributed by atoms with Gasteiger partial charge in [0.1, 0.15) is 0 Å². The molecule has 0 bridgehead atoms. The minimum absolute atomic E-state index is 0.0300. The van der Waals surface area contributed by atoms with Crippen LogP contribution in [-0.2, 0) is 11.3 Å². The van der Waals surface area contributed by atoms with Crippen molar-refractivity contribution in [2.45, 2.75) is 39.3 Å². The van der Waals surface area contributed by atoms with Gasteiger partial charge < -0.3 is 11.1 Å². The lowest BCUT2D eigenvalue weighted by atomic mass is 10.2. The molecule has 0 aliphatic heterocycles. The number of hydrogen-bond donors (Lipinski definition) is 2. The highest BCUT2D eigenvalue weighted by Gasteiger charge is 2.04. The fraction of sp³-hybridized carbons (Fsp3) is 0.500. The Bertz CT molecular complexity index is 350. The summed E-state index contributed by atoms with van der Waals surface area (Å²) in [5.74, 6) is 0.0300. The van der Waals surface area contributed by atoms with Crippen LogP contribution in [0.5, 0.6) is 0 Å². The monoisotopic (exact) mass is 221 g/mol. The average Bonchev–Trinajstić information content (AvgIpc) is 2.25. The number of hydrogen-bond acceptors (Lipinski definition) is 3. The second kappa shape index (κ2) is 6.23. The van der Waals surface area contributed by atoms with Gasteiger partial charge in [-0.05, 0) is 31.9 Å². The maximum absolute atomic E-state index is 11.4. The van der Waals surface area contributed by atoms with Crippen LogP contribution in [0, 0.1) is 6.92 Å². The second-order valence-corrected chi connectivity index (χ2v) is 4.06. The van der Waals surface area contributed by atoms with E-state index in [1.54, 1.807) is 6.20 Å². The molecule has 0 aliphatic rings. The van der Waals surface area contributed by atoms with Crippen LogP contribution in [0.2, 0.25) is 0 Å². The Kier molecular flexibility index (Phi) is 4.92. The first kappa shape index (κ1) is 12.6. The molecule has 16 heavy (non-hydrogen) atoms. The lowest BCUT2D eigenvalue weighted by molar-refractivity contribution is -0.121. The Morgan fingerprint density at radius 2 is 2.38 bits per heavy atom. The van der Waals surface area contributed by atoms with Crippen LogP contribution < -0.4 is 11.1 Å². The van der Waals surface area contributed by atoms with Crippen LogP contribution in [0.1, 0.15) is 31.0 Å². The number of amides is 1. The molecule has 0 fully saturated rings. The molecule has 0 aromatic carbocycles. The first-order valence-corrected chi connectivity index (χ1v) is 5.52. The molecular formula is C12H19N3O. The maximum atomic E-state index is 11.4. The quantitative estimate of drug-likeness (QED) is 0.783. The predicted molar refractivity (Wildman–Crippen MR) is 63.7 cm³/mol. The number of carbonyl (C=O) groups excluding carboxylic acids is 1. The molecule has 0 radical (unpaired) electrons. The summed E-state index contributed by atoms with van der Waals surface area (Å²) in [6.45, 7) is 4.37. The Morgan fingerprint density at radius 1 is 1.62 bits per heavy atom. The van der Waals surface area contributed by atoms with Crippen molar-refractivity contribution >= 4 is 5.91 Å². The summed E-state index contributed by atoms with van der Waals surface area (Å²) in [5, 5.41) is 2.84. The van der Waals surface area contributed by atoms with Gasteiger partial charge in [-0.2, -0.15) is 0 Å². The molecule has 3 N–H and O–H groups in total. The van der Waals surface area contributed by atoms with Gasteiger partial charge in [-0.1, -0.05) is 6.07 Å². The van der Waals surface area contributed by atoms with E-state index in [1.807, 2.05) is 26.0 Å². The van der Waals surface area contributed by atoms with Gasteiger partial charge in [0.2, 0.25) is 5.91 Å². The summed E-state index contributed by atoms with van der Waals surface area (Å²) in [5.41, 5.74) is 7.59. The van der Waals surface area contributed by atoms with Crippen LogP contribution in [0.25, 0.3) is 0 Å². The van der Waals surface area contributed by atoms with Crippen LogP contribution >= 0.6 is 0 Å². The first-order chi connectivity index (χ1) is 7.59. The minimum atomic E-state index is 0.0300. The zero-order valence-corrected chi connectivity index (χ0v) is 9.86. The topological polar surface area (TPSA) is 68.0 Å². The molecule has 1 rings (SSSR count). The maximum Gasteiger partial charge on any atom is 0.220 e. The van der Waals surface area contributed by atoms with Crippen molar-refractivity contribution < 1.29 is 4.79 Å². The normalized spacial score (nSPS) is 12.2. The molecule has 1 amide bonds. The van der Waals surface area contributed by atoms with E-state index in [4.69, 9.17) is 5.73 Å². The summed E-state index contributed by atoms with van der Waals surface area (Å²) in [7, 11) is 0. The Labute approximate surface area is 96.3 Å². The third kappa shape index (κ3) is 4.40. The molecule has 1 atom stereocenters. The third-order valence-corrected chi connectivity index (χ3v) is 2.40. The SMILES string of the molecule is Cc1cccnc1CNC(=O)CCC(C)N. The van der Waals surface area contributed by atoms with Gasteiger partial charge in [0.15, 0.2) is 0 Å². The molecule has 0 saturated carbocycles. The third-order valence-electron chi connectivity index (χ3n) is 2.40. The standard InChI is InChI=1S/C12H19N3O/c1-9-4-3-7-14-11(9)8-15-12(16)6-5-10(2)13/h3-4,7,10H,5-6,8,13H2,1-2H3,(H,15,16). The fourth-order valence-electron chi connectivity index (χ4n) is 1.33. The molecule has 0 spiro atoms. The van der Waals surface area contributed by atoms with Crippen molar-refractivity contribution in [3.05, 3.63) is 29.6 Å². The Balaban J connectivity index is 2.35. The number of aryl methyl sites for hydroxylation is 1. The summed E-state index contributed by atoms with van der Waals surface area (Å²) >= 11 is 0. The molecule has 4 nitrogen and oxygen atoms in total. The van der Waals surface area contributed by atoms with Gasteiger partial charge in [0.25, 0.3) is 0 Å². The highest BCUT2D eigenvalue weighted by molar-refractivity contribution is 5.75. The number of carbonyl (C=O) groups is 1. The van der Waals surface area contributed by atoms with Crippen LogP contribution in [-0.4, -0.2) is 16.9 Å². The van der Waals surface area contributed by atoms with Crippen molar-refractivity contribution in [3.8, 4) is 0 Å². The molecule has 1 heterocycles. The number of nitrogens with zero attached hydrogens (tertiary/aromatic N) is 1. The fourth-order valence-corrected chi connectivity index (χ4v) is 1.33. The molecular weight excluding hydrogens is 202 g/mol. The lowest BCUT2D eigenvalue weighted by Gasteiger charge is -2.07. The Hall–Kier alpha value is -1.42. The summed E-state index contributed by atoms with van der Waals surface area (Å²) < 4.78 is 0. The van der Waals surface area contributed by atoms with E-state index >= 15 is 0 Å². The van der Waals surface area contributed by atoms with Gasteiger partial charge in [-0.15, -0.1) is 0 Å². The van der Waals surface area contributed by atoms with Crippen molar-refractivity contribution in [2.75, 3.05) is 0 Å². The van der Waals surface area contributed by atoms with E-state index in [9.17, 15) is 4.79 Å². The zero-order valence-electron chi connectivity index (χ0n) is 9.86. The van der Waals surface area contributed by atoms with E-state index < -0.39 is 0 Å². The van der Waals surface area contributed by atoms with Crippen molar-refractivity contribution in [3.63, 3.8) is 0 Å². The van der Waals surface area contributed by atoms with E-state index in [1.165, 1.54) is 0 Å². The van der Waals surface area contributed by atoms with Crippen molar-refractivity contribution in [1.29, 1.82) is 0 Å². The molecule has 0 aliphatic carbocycles. The van der Waals surface area contributed by atoms with Gasteiger partial charge in [-0.3, -0.25) is 9.78 Å². The van der Waals surface area contributed by atoms with Gasteiger partial charge >= 0.3 is 0 Å². The zero-order chi connectivity index (χ0) is 12.0. The number of pyridine rings is 1. The Morgan fingerprint density at radius 3 is 3.00 bits per heavy atom. The largest absolute Gasteiger partial charge is 0.350 e. The molecule has 88 valence electrons. The summed E-state index contributed by atoms with van der Waals surface area (Å²) in [6.07, 6.45) is 2.92.